The molecule has 2 unspecified atom stereocenters. The van der Waals surface area contributed by atoms with Crippen LogP contribution in [0, 0.1) is 29.6 Å². The van der Waals surface area contributed by atoms with E-state index in [1.54, 1.807) is 123 Å². The number of hydrogen-bond donors (Lipinski definition) is 12. The minimum Gasteiger partial charge on any atom is -0.481 e. The number of urea groups is 5. The van der Waals surface area contributed by atoms with Crippen molar-refractivity contribution < 1.29 is 140 Å². The normalized spacial score (nSPS) is 13.0. The van der Waals surface area contributed by atoms with Gasteiger partial charge in [0, 0.05) is 120 Å². The molecule has 0 aromatic heterocycles. The van der Waals surface area contributed by atoms with Crippen molar-refractivity contribution in [3.8, 4) is 0 Å². The smallest absolute Gasteiger partial charge is 0.446 e. The average molecular weight is 2100 g/mol. The Morgan fingerprint density at radius 3 is 0.662 bits per heavy atom. The molecule has 792 valence electrons. The third-order valence-corrected chi connectivity index (χ3v) is 22.8. The van der Waals surface area contributed by atoms with E-state index < -0.39 is 155 Å². The van der Waals surface area contributed by atoms with Gasteiger partial charge >= 0.3 is 71.0 Å². The lowest BCUT2D eigenvalue weighted by molar-refractivity contribution is -0.156. The van der Waals surface area contributed by atoms with Gasteiger partial charge < -0.3 is 77.6 Å². The molecule has 0 spiro atoms. The number of carboxylic acid groups (broad SMARTS) is 2. The van der Waals surface area contributed by atoms with Crippen LogP contribution in [0.15, 0.2) is 146 Å². The first kappa shape index (κ1) is 129. The van der Waals surface area contributed by atoms with Gasteiger partial charge in [0.25, 0.3) is 0 Å². The first-order chi connectivity index (χ1) is 65.3. The summed E-state index contributed by atoms with van der Waals surface area (Å²) in [7, 11) is -5.52. The minimum absolute atomic E-state index is 0.00356. The largest absolute Gasteiger partial charge is 0.481 e. The highest BCUT2D eigenvalue weighted by Gasteiger charge is 2.34. The van der Waals surface area contributed by atoms with Crippen molar-refractivity contribution in [3.63, 3.8) is 0 Å². The van der Waals surface area contributed by atoms with Crippen LogP contribution in [0.3, 0.4) is 0 Å². The van der Waals surface area contributed by atoms with Gasteiger partial charge in [-0.05, 0) is 269 Å². The van der Waals surface area contributed by atoms with Gasteiger partial charge in [-0.1, -0.05) is 69.2 Å². The van der Waals surface area contributed by atoms with Crippen LogP contribution in [0.4, 0.5) is 78.8 Å². The number of aliphatic carboxylic acids is 2. The fourth-order valence-corrected chi connectivity index (χ4v) is 15.0. The molecule has 0 bridgehead atoms. The molecule has 0 aliphatic rings. The Hall–Kier alpha value is -11.3. The zero-order valence-electron chi connectivity index (χ0n) is 84.1. The van der Waals surface area contributed by atoms with Crippen LogP contribution in [0.5, 0.6) is 0 Å². The number of nitrogens with one attached hydrogen (secondary N) is 10. The number of halogens is 6. The topological polar surface area (TPSA) is 513 Å². The number of rotatable bonds is 45. The molecule has 0 aliphatic heterocycles. The van der Waals surface area contributed by atoms with E-state index in [-0.39, 0.29) is 167 Å². The number of sulfone groups is 1. The van der Waals surface area contributed by atoms with Gasteiger partial charge in [0.1, 0.15) is 16.8 Å². The number of anilines is 5. The van der Waals surface area contributed by atoms with Gasteiger partial charge in [0.2, 0.25) is 0 Å². The molecule has 0 saturated carbocycles. The molecule has 7 atom stereocenters. The molecule has 5 rings (SSSR count). The number of thioether (sulfide) groups is 2. The maximum Gasteiger partial charge on any atom is 0.446 e. The van der Waals surface area contributed by atoms with Gasteiger partial charge in [-0.15, -0.1) is 0 Å². The summed E-state index contributed by atoms with van der Waals surface area (Å²) < 4.78 is 135. The zero-order valence-corrected chi connectivity index (χ0v) is 88.2. The summed E-state index contributed by atoms with van der Waals surface area (Å²) in [5.74, 6) is -4.31. The molecule has 0 fully saturated rings. The molecule has 5 aromatic carbocycles. The Morgan fingerprint density at radius 1 is 0.317 bits per heavy atom. The first-order valence-electron chi connectivity index (χ1n) is 45.3. The van der Waals surface area contributed by atoms with Crippen LogP contribution < -0.4 is 53.2 Å². The standard InChI is InChI=1S/C21H29F3N2O4S.C21H32N2O6S.C21H32N2O5S.C17H21F3N2O4S.C17H24N2O5S/c1-13(2)12-16(17(27)10-11-18(28)30-20(3,4)5)26-19(29)25-14-6-8-15(9-7-14)31-21(22,23)24;1-14(2)13-17(18(24)11-12-19(25)29-21(3,4)5)23-20(26)22-15-7-9-16(10-8-15)30(6,27)28;1-14(2)13-17(18(24)11-12-19(25)28-21(3,4)5)23-20(26)22-15-7-9-16(10-8-15)29(6)27;1-10(2)9-13(14(23)7-8-15(24)25)22-16(26)21-11-3-5-12(6-4-11)27-17(18,19)20;1-11(2)10-14(15(20)8-9-16(21)22)19-17(23)18-12-4-6-13(7-5-12)25(3)24/h6-9,13,16H,10-12H2,1-5H3,(H2,25,26,29);7-10,14,17H,11-13H2,1-6H3,(H2,22,23,26);7-10,14,17H,11-13H2,1-6H3,(H2,22,23,26);3-6,10,13H,7-9H2,1-2H3,(H,24,25)(H2,21,22,26);4-7,11,14H,8-10H2,1-3H3,(H,21,22)(H2,18,19,23)/t16-;17-;17-,29?;13-;14-,25?/m00000/s1. The maximum absolute atomic E-state index is 12.6. The third kappa shape index (κ3) is 62.9. The quantitative estimate of drug-likeness (QED) is 0.00745. The van der Waals surface area contributed by atoms with Crippen LogP contribution in [-0.4, -0.2) is 193 Å². The van der Waals surface area contributed by atoms with Crippen molar-refractivity contribution in [2.24, 2.45) is 29.6 Å². The lowest BCUT2D eigenvalue weighted by Gasteiger charge is -2.21. The van der Waals surface area contributed by atoms with E-state index in [1.165, 1.54) is 72.8 Å². The van der Waals surface area contributed by atoms with Crippen LogP contribution in [0.1, 0.15) is 228 Å². The lowest BCUT2D eigenvalue weighted by Crippen LogP contribution is -2.44. The fourth-order valence-electron chi connectivity index (χ4n) is 12.2. The number of alkyl halides is 6. The Bertz CT molecular complexity index is 5130. The van der Waals surface area contributed by atoms with Gasteiger partial charge in [-0.3, -0.25) is 56.4 Å². The number of Topliss-reactive ketones (excluding diaryl/α,β-unsaturated/α-hetero) is 5. The van der Waals surface area contributed by atoms with Crippen molar-refractivity contribution in [1.29, 1.82) is 0 Å². The molecular formula is C97H138F6N10O24S5. The summed E-state index contributed by atoms with van der Waals surface area (Å²) in [6.45, 7) is 34.9. The van der Waals surface area contributed by atoms with E-state index in [1.807, 2.05) is 69.2 Å². The summed E-state index contributed by atoms with van der Waals surface area (Å²) in [6.07, 6.45) is 5.11. The minimum atomic E-state index is -4.40. The fraction of sp³-hybridized carbons (Fsp3) is 0.536. The van der Waals surface area contributed by atoms with Crippen LogP contribution in [-0.2, 0) is 93.6 Å². The number of carboxylic acids is 2. The van der Waals surface area contributed by atoms with E-state index in [2.05, 4.69) is 53.2 Å². The lowest BCUT2D eigenvalue weighted by atomic mass is 9.98. The number of ketones is 5. The van der Waals surface area contributed by atoms with Crippen LogP contribution in [0.25, 0.3) is 0 Å². The molecule has 142 heavy (non-hydrogen) atoms. The SMILES string of the molecule is CC(C)C[C@H](NC(=O)Nc1ccc(S(C)(=O)=O)cc1)C(=O)CCC(=O)OC(C)(C)C.CC(C)C[C@H](NC(=O)Nc1ccc(S(C)=O)cc1)C(=O)CCC(=O)O.CC(C)C[C@H](NC(=O)Nc1ccc(S(C)=O)cc1)C(=O)CCC(=O)OC(C)(C)C.CC(C)C[C@H](NC(=O)Nc1ccc(SC(F)(F)F)cc1)C(=O)CCC(=O)O.CC(C)C[C@H](NC(=O)Nc1ccc(SC(F)(F)F)cc1)C(=O)CCC(=O)OC(C)(C)C. The van der Waals surface area contributed by atoms with Crippen LogP contribution >= 0.6 is 23.5 Å². The molecule has 10 amide bonds. The Morgan fingerprint density at radius 2 is 0.500 bits per heavy atom. The maximum atomic E-state index is 12.6. The summed E-state index contributed by atoms with van der Waals surface area (Å²) in [5.41, 5.74) is -8.68. The van der Waals surface area contributed by atoms with Gasteiger partial charge in [-0.2, -0.15) is 26.3 Å². The highest BCUT2D eigenvalue weighted by molar-refractivity contribution is 8.00. The molecule has 12 N–H and O–H groups in total. The Kier molecular flexibility index (Phi) is 56.4. The summed E-state index contributed by atoms with van der Waals surface area (Å²) in [5, 5.41) is 43.2. The molecule has 34 nitrogen and oxygen atoms in total. The number of amides is 10. The highest BCUT2D eigenvalue weighted by atomic mass is 32.2. The van der Waals surface area contributed by atoms with E-state index in [0.717, 1.165) is 6.26 Å². The van der Waals surface area contributed by atoms with Crippen molar-refractivity contribution in [2.75, 3.05) is 45.4 Å². The second-order valence-corrected chi connectivity index (χ2v) is 44.7. The average Bonchev–Trinajstić information content (AvgIpc) is 0.849. The van der Waals surface area contributed by atoms with E-state index in [0.29, 0.717) is 59.0 Å². The predicted octanol–water partition coefficient (Wildman–Crippen LogP) is 19.2. The summed E-state index contributed by atoms with van der Waals surface area (Å²) >= 11 is -0.514. The van der Waals surface area contributed by atoms with Gasteiger partial charge in [0.05, 0.1) is 67.2 Å². The van der Waals surface area contributed by atoms with E-state index in [9.17, 15) is 115 Å². The van der Waals surface area contributed by atoms with Crippen molar-refractivity contribution in [1.82, 2.24) is 26.6 Å². The van der Waals surface area contributed by atoms with Crippen molar-refractivity contribution >= 4 is 172 Å². The van der Waals surface area contributed by atoms with E-state index in [4.69, 9.17) is 24.4 Å². The molecule has 0 heterocycles. The predicted molar refractivity (Wildman–Crippen MR) is 535 cm³/mol. The number of benzene rings is 5. The Balaban J connectivity index is 0.000000889. The number of hydrogen-bond acceptors (Lipinski definition) is 24. The van der Waals surface area contributed by atoms with Crippen LogP contribution in [0.2, 0.25) is 0 Å². The second kappa shape index (κ2) is 62.3. The Labute approximate surface area is 840 Å². The number of esters is 3. The van der Waals surface area contributed by atoms with Gasteiger partial charge in [0.15, 0.2) is 38.8 Å². The number of ether oxygens (including phenoxy) is 3. The third-order valence-electron chi connectivity index (χ3n) is 18.3. The van der Waals surface area contributed by atoms with E-state index >= 15 is 0 Å². The molecule has 45 heteroatoms. The zero-order chi connectivity index (χ0) is 109. The molecule has 0 radical (unpaired) electrons. The molecule has 0 aliphatic carbocycles. The molecule has 0 saturated heterocycles. The highest BCUT2D eigenvalue weighted by Crippen LogP contribution is 2.39. The summed E-state index contributed by atoms with van der Waals surface area (Å²) in [6, 6.07) is 22.3. The van der Waals surface area contributed by atoms with Gasteiger partial charge in [-0.25, -0.2) is 32.4 Å². The number of carbonyl (C=O) groups is 15. The molecule has 5 aromatic rings. The summed E-state index contributed by atoms with van der Waals surface area (Å²) in [4.78, 5) is 181. The second-order valence-electron chi connectivity index (χ2n) is 37.7. The first-order valence-corrected chi connectivity index (χ1v) is 52.0. The molecular weight excluding hydrogens is 1960 g/mol. The van der Waals surface area contributed by atoms with Crippen molar-refractivity contribution in [3.05, 3.63) is 121 Å². The van der Waals surface area contributed by atoms with Crippen molar-refractivity contribution in [2.45, 2.75) is 310 Å². The monoisotopic (exact) mass is 2100 g/mol. The number of carbonyl (C=O) groups excluding carboxylic acids is 13.